The van der Waals surface area contributed by atoms with Crippen molar-refractivity contribution in [3.05, 3.63) is 24.0 Å². The van der Waals surface area contributed by atoms with E-state index in [1.807, 2.05) is 6.07 Å². The summed E-state index contributed by atoms with van der Waals surface area (Å²) >= 11 is 1.69. The van der Waals surface area contributed by atoms with Crippen molar-refractivity contribution in [1.29, 1.82) is 0 Å². The maximum absolute atomic E-state index is 13.0. The summed E-state index contributed by atoms with van der Waals surface area (Å²) in [7, 11) is 0. The second-order valence-electron chi connectivity index (χ2n) is 3.71. The van der Waals surface area contributed by atoms with Crippen LogP contribution < -0.4 is 5.73 Å². The summed E-state index contributed by atoms with van der Waals surface area (Å²) in [5, 5.41) is 0. The third-order valence-corrected chi connectivity index (χ3v) is 3.74. The molecule has 0 aliphatic rings. The molecule has 0 unspecified atom stereocenters. The summed E-state index contributed by atoms with van der Waals surface area (Å²) < 4.78 is 13.0. The van der Waals surface area contributed by atoms with Gasteiger partial charge in [0.25, 0.3) is 0 Å². The van der Waals surface area contributed by atoms with E-state index in [2.05, 4.69) is 13.8 Å². The van der Waals surface area contributed by atoms with Gasteiger partial charge in [-0.25, -0.2) is 4.39 Å². The van der Waals surface area contributed by atoms with Gasteiger partial charge in [-0.15, -0.1) is 11.8 Å². The van der Waals surface area contributed by atoms with Crippen LogP contribution in [0.2, 0.25) is 0 Å². The number of benzene rings is 1. The highest BCUT2D eigenvalue weighted by molar-refractivity contribution is 7.99. The Morgan fingerprint density at radius 2 is 1.93 bits per heavy atom. The second-order valence-corrected chi connectivity index (χ2v) is 4.81. The number of rotatable bonds is 5. The molecule has 0 fully saturated rings. The first-order chi connectivity index (χ1) is 7.15. The summed E-state index contributed by atoms with van der Waals surface area (Å²) in [6, 6.07) is 4.72. The largest absolute Gasteiger partial charge is 0.399 e. The number of nitrogens with two attached hydrogens (primary N) is 1. The minimum atomic E-state index is -0.248. The lowest BCUT2D eigenvalue weighted by Gasteiger charge is -2.11. The predicted molar refractivity (Wildman–Crippen MR) is 65.6 cm³/mol. The molecule has 0 spiro atoms. The standard InChI is InChI=1S/C12H18FNS/c1-3-9(4-2)8-15-12-6-10(13)5-11(14)7-12/h5-7,9H,3-4,8,14H2,1-2H3. The monoisotopic (exact) mass is 227 g/mol. The average molecular weight is 227 g/mol. The molecular formula is C12H18FNS. The van der Waals surface area contributed by atoms with Crippen molar-refractivity contribution < 1.29 is 4.39 Å². The van der Waals surface area contributed by atoms with E-state index in [-0.39, 0.29) is 5.82 Å². The first kappa shape index (κ1) is 12.4. The Bertz CT molecular complexity index is 290. The van der Waals surface area contributed by atoms with Crippen LogP contribution in [-0.4, -0.2) is 5.75 Å². The van der Waals surface area contributed by atoms with Crippen LogP contribution in [0.1, 0.15) is 26.7 Å². The summed E-state index contributed by atoms with van der Waals surface area (Å²) in [5.41, 5.74) is 6.08. The molecule has 0 bridgehead atoms. The van der Waals surface area contributed by atoms with E-state index >= 15 is 0 Å². The fraction of sp³-hybridized carbons (Fsp3) is 0.500. The van der Waals surface area contributed by atoms with Crippen molar-refractivity contribution in [3.8, 4) is 0 Å². The van der Waals surface area contributed by atoms with Gasteiger partial charge >= 0.3 is 0 Å². The van der Waals surface area contributed by atoms with E-state index in [9.17, 15) is 4.39 Å². The minimum Gasteiger partial charge on any atom is -0.399 e. The van der Waals surface area contributed by atoms with E-state index in [4.69, 9.17) is 5.73 Å². The maximum atomic E-state index is 13.0. The van der Waals surface area contributed by atoms with Gasteiger partial charge in [-0.2, -0.15) is 0 Å². The molecule has 0 radical (unpaired) electrons. The van der Waals surface area contributed by atoms with E-state index in [0.717, 1.165) is 10.6 Å². The van der Waals surface area contributed by atoms with Crippen LogP contribution >= 0.6 is 11.8 Å². The Hall–Kier alpha value is -0.700. The molecule has 0 saturated heterocycles. The highest BCUT2D eigenvalue weighted by Gasteiger charge is 2.05. The molecular weight excluding hydrogens is 209 g/mol. The number of hydrogen-bond acceptors (Lipinski definition) is 2. The van der Waals surface area contributed by atoms with Crippen LogP contribution in [0.4, 0.5) is 10.1 Å². The van der Waals surface area contributed by atoms with E-state index in [1.54, 1.807) is 17.8 Å². The van der Waals surface area contributed by atoms with Crippen LogP contribution in [0.5, 0.6) is 0 Å². The van der Waals surface area contributed by atoms with Gasteiger partial charge in [-0.1, -0.05) is 26.7 Å². The zero-order valence-corrected chi connectivity index (χ0v) is 10.1. The molecule has 3 heteroatoms. The lowest BCUT2D eigenvalue weighted by atomic mass is 10.1. The van der Waals surface area contributed by atoms with Gasteiger partial charge in [-0.05, 0) is 24.1 Å². The Balaban J connectivity index is 2.57. The third-order valence-electron chi connectivity index (χ3n) is 2.53. The van der Waals surface area contributed by atoms with Crippen LogP contribution in [0.3, 0.4) is 0 Å². The molecule has 1 rings (SSSR count). The summed E-state index contributed by atoms with van der Waals surface area (Å²) in [6.07, 6.45) is 2.35. The molecule has 1 aromatic rings. The normalized spacial score (nSPS) is 10.9. The van der Waals surface area contributed by atoms with Gasteiger partial charge < -0.3 is 5.73 Å². The molecule has 0 heterocycles. The molecule has 2 N–H and O–H groups in total. The molecule has 1 aromatic carbocycles. The Morgan fingerprint density at radius 1 is 1.27 bits per heavy atom. The summed E-state index contributed by atoms with van der Waals surface area (Å²) in [6.45, 7) is 4.38. The SMILES string of the molecule is CCC(CC)CSc1cc(N)cc(F)c1. The van der Waals surface area contributed by atoms with Crippen molar-refractivity contribution in [2.75, 3.05) is 11.5 Å². The van der Waals surface area contributed by atoms with Gasteiger partial charge in [-0.3, -0.25) is 0 Å². The molecule has 84 valence electrons. The Morgan fingerprint density at radius 3 is 2.47 bits per heavy atom. The average Bonchev–Trinajstić information content (AvgIpc) is 2.18. The topological polar surface area (TPSA) is 26.0 Å². The molecule has 0 saturated carbocycles. The number of thioether (sulfide) groups is 1. The smallest absolute Gasteiger partial charge is 0.126 e. The first-order valence-corrected chi connectivity index (χ1v) is 6.33. The highest BCUT2D eigenvalue weighted by atomic mass is 32.2. The fourth-order valence-corrected chi connectivity index (χ4v) is 2.72. The number of halogens is 1. The molecule has 1 nitrogen and oxygen atoms in total. The molecule has 0 atom stereocenters. The second kappa shape index (κ2) is 6.01. The summed E-state index contributed by atoms with van der Waals surface area (Å²) in [4.78, 5) is 0.930. The minimum absolute atomic E-state index is 0.248. The quantitative estimate of drug-likeness (QED) is 0.609. The Kier molecular flexibility index (Phi) is 4.95. The lowest BCUT2D eigenvalue weighted by Crippen LogP contribution is -2.00. The number of hydrogen-bond donors (Lipinski definition) is 1. The van der Waals surface area contributed by atoms with Crippen molar-refractivity contribution in [3.63, 3.8) is 0 Å². The lowest BCUT2D eigenvalue weighted by molar-refractivity contribution is 0.553. The van der Waals surface area contributed by atoms with E-state index in [0.29, 0.717) is 11.6 Å². The van der Waals surface area contributed by atoms with Crippen molar-refractivity contribution in [2.24, 2.45) is 5.92 Å². The van der Waals surface area contributed by atoms with Crippen LogP contribution in [-0.2, 0) is 0 Å². The third kappa shape index (κ3) is 4.12. The van der Waals surface area contributed by atoms with Crippen molar-refractivity contribution in [2.45, 2.75) is 31.6 Å². The van der Waals surface area contributed by atoms with Crippen molar-refractivity contribution in [1.82, 2.24) is 0 Å². The van der Waals surface area contributed by atoms with Gasteiger partial charge in [0.05, 0.1) is 0 Å². The van der Waals surface area contributed by atoms with Gasteiger partial charge in [0, 0.05) is 16.3 Å². The zero-order chi connectivity index (χ0) is 11.3. The maximum Gasteiger partial charge on any atom is 0.126 e. The number of nitrogen functional groups attached to an aromatic ring is 1. The highest BCUT2D eigenvalue weighted by Crippen LogP contribution is 2.26. The zero-order valence-electron chi connectivity index (χ0n) is 9.29. The van der Waals surface area contributed by atoms with Gasteiger partial charge in [0.15, 0.2) is 0 Å². The van der Waals surface area contributed by atoms with Gasteiger partial charge in [0.2, 0.25) is 0 Å². The van der Waals surface area contributed by atoms with Crippen LogP contribution in [0, 0.1) is 11.7 Å². The van der Waals surface area contributed by atoms with Gasteiger partial charge in [0.1, 0.15) is 5.82 Å². The van der Waals surface area contributed by atoms with Crippen molar-refractivity contribution >= 4 is 17.4 Å². The molecule has 15 heavy (non-hydrogen) atoms. The van der Waals surface area contributed by atoms with Crippen LogP contribution in [0.15, 0.2) is 23.1 Å². The molecule has 0 aliphatic heterocycles. The first-order valence-electron chi connectivity index (χ1n) is 5.34. The van der Waals surface area contributed by atoms with Crippen LogP contribution in [0.25, 0.3) is 0 Å². The van der Waals surface area contributed by atoms with E-state index in [1.165, 1.54) is 18.9 Å². The van der Waals surface area contributed by atoms with E-state index < -0.39 is 0 Å². The predicted octanol–water partition coefficient (Wildman–Crippen LogP) is 3.94. The fourth-order valence-electron chi connectivity index (χ4n) is 1.41. The Labute approximate surface area is 95.2 Å². The number of anilines is 1. The molecule has 0 aliphatic carbocycles. The summed E-state index contributed by atoms with van der Waals surface area (Å²) in [5.74, 6) is 1.50. The molecule has 0 amide bonds. The molecule has 0 aromatic heterocycles.